The third-order valence-corrected chi connectivity index (χ3v) is 5.58. The summed E-state index contributed by atoms with van der Waals surface area (Å²) in [5, 5.41) is 1.77. The van der Waals surface area contributed by atoms with Crippen LogP contribution in [0.25, 0.3) is 0 Å². The molecule has 0 amide bonds. The van der Waals surface area contributed by atoms with Crippen molar-refractivity contribution in [1.29, 1.82) is 0 Å². The fourth-order valence-corrected chi connectivity index (χ4v) is 3.81. The fourth-order valence-electron chi connectivity index (χ4n) is 3.14. The van der Waals surface area contributed by atoms with Crippen LogP contribution in [-0.2, 0) is 9.59 Å². The first kappa shape index (κ1) is 23.6. The van der Waals surface area contributed by atoms with Crippen molar-refractivity contribution in [1.82, 2.24) is 9.88 Å². The van der Waals surface area contributed by atoms with E-state index in [0.29, 0.717) is 11.5 Å². The van der Waals surface area contributed by atoms with Gasteiger partial charge in [0.15, 0.2) is 11.5 Å². The van der Waals surface area contributed by atoms with Gasteiger partial charge in [0.25, 0.3) is 0 Å². The van der Waals surface area contributed by atoms with Crippen LogP contribution in [0.1, 0.15) is 46.6 Å². The van der Waals surface area contributed by atoms with Gasteiger partial charge in [0.2, 0.25) is 11.7 Å². The number of esters is 2. The molecule has 2 aromatic heterocycles. The van der Waals surface area contributed by atoms with Crippen LogP contribution in [-0.4, -0.2) is 54.9 Å². The van der Waals surface area contributed by atoms with Crippen molar-refractivity contribution in [2.45, 2.75) is 32.6 Å². The maximum absolute atomic E-state index is 13.3. The molecule has 2 aromatic rings. The number of hydrogen-bond donors (Lipinski definition) is 0. The Morgan fingerprint density at radius 2 is 1.75 bits per heavy atom. The minimum Gasteiger partial charge on any atom is -0.477 e. The predicted molar refractivity (Wildman–Crippen MR) is 120 cm³/mol. The summed E-state index contributed by atoms with van der Waals surface area (Å²) in [6.07, 6.45) is 5.85. The van der Waals surface area contributed by atoms with Crippen LogP contribution < -0.4 is 14.2 Å². The van der Waals surface area contributed by atoms with E-state index in [1.807, 2.05) is 14.1 Å². The van der Waals surface area contributed by atoms with E-state index in [4.69, 9.17) is 14.2 Å². The topological polar surface area (TPSA) is 95.0 Å². The highest BCUT2D eigenvalue weighted by Gasteiger charge is 2.31. The number of pyridine rings is 1. The van der Waals surface area contributed by atoms with E-state index in [2.05, 4.69) is 9.88 Å². The molecule has 1 aliphatic rings. The second kappa shape index (κ2) is 11.0. The predicted octanol–water partition coefficient (Wildman–Crippen LogP) is 3.56. The molecule has 3 heterocycles. The zero-order valence-corrected chi connectivity index (χ0v) is 19.2. The largest absolute Gasteiger partial charge is 0.477 e. The highest BCUT2D eigenvalue weighted by Crippen LogP contribution is 2.41. The van der Waals surface area contributed by atoms with Crippen LogP contribution in [0.4, 0.5) is 0 Å². The number of ether oxygens (including phenoxy) is 3. The van der Waals surface area contributed by atoms with E-state index in [9.17, 15) is 14.4 Å². The molecule has 0 aliphatic carbocycles. The summed E-state index contributed by atoms with van der Waals surface area (Å²) in [7, 11) is 4.09. The Balaban J connectivity index is 1.88. The Bertz CT molecular complexity index is 1010. The number of nitrogens with zero attached hydrogens (tertiary/aromatic N) is 2. The van der Waals surface area contributed by atoms with Crippen molar-refractivity contribution in [2.24, 2.45) is 0 Å². The first-order valence-electron chi connectivity index (χ1n) is 10.4. The van der Waals surface area contributed by atoms with Crippen LogP contribution in [0.3, 0.4) is 0 Å². The molecule has 8 nitrogen and oxygen atoms in total. The summed E-state index contributed by atoms with van der Waals surface area (Å²) >= 11 is 1.24. The minimum atomic E-state index is -0.791. The van der Waals surface area contributed by atoms with Crippen molar-refractivity contribution in [3.63, 3.8) is 0 Å². The van der Waals surface area contributed by atoms with Gasteiger partial charge >= 0.3 is 11.9 Å². The number of aromatic nitrogens is 1. The van der Waals surface area contributed by atoms with Gasteiger partial charge in [0.05, 0.1) is 17.2 Å². The minimum absolute atomic E-state index is 0.0305. The van der Waals surface area contributed by atoms with E-state index >= 15 is 0 Å². The van der Waals surface area contributed by atoms with E-state index in [0.717, 1.165) is 44.4 Å². The average Bonchev–Trinajstić information content (AvgIpc) is 3.27. The third kappa shape index (κ3) is 6.02. The van der Waals surface area contributed by atoms with Crippen molar-refractivity contribution in [3.8, 4) is 17.4 Å². The number of thiophene rings is 1. The van der Waals surface area contributed by atoms with Gasteiger partial charge < -0.3 is 19.1 Å². The van der Waals surface area contributed by atoms with E-state index in [-0.39, 0.29) is 28.6 Å². The Hall–Kier alpha value is -3.04. The summed E-state index contributed by atoms with van der Waals surface area (Å²) in [5.41, 5.74) is 0.247. The average molecular weight is 459 g/mol. The second-order valence-electron chi connectivity index (χ2n) is 7.58. The van der Waals surface area contributed by atoms with Gasteiger partial charge in [-0.25, -0.2) is 14.6 Å². The zero-order chi connectivity index (χ0) is 23.1. The molecule has 0 radical (unpaired) electrons. The third-order valence-electron chi connectivity index (χ3n) is 4.72. The molecule has 0 N–H and O–H groups in total. The molecule has 0 fully saturated rings. The molecule has 0 spiro atoms. The lowest BCUT2D eigenvalue weighted by atomic mass is 10.1. The van der Waals surface area contributed by atoms with Crippen LogP contribution in [0.5, 0.6) is 17.4 Å². The highest BCUT2D eigenvalue weighted by atomic mass is 32.1. The summed E-state index contributed by atoms with van der Waals surface area (Å²) in [6, 6.07) is 3.40. The quantitative estimate of drug-likeness (QED) is 0.303. The normalized spacial score (nSPS) is 14.2. The summed E-state index contributed by atoms with van der Waals surface area (Å²) in [4.78, 5) is 44.3. The molecule has 0 bridgehead atoms. The molecular weight excluding hydrogens is 432 g/mol. The molecule has 0 atom stereocenters. The summed E-state index contributed by atoms with van der Waals surface area (Å²) in [6.45, 7) is 2.98. The smallest absolute Gasteiger partial charge is 0.336 e. The molecule has 32 heavy (non-hydrogen) atoms. The monoisotopic (exact) mass is 458 g/mol. The lowest BCUT2D eigenvalue weighted by molar-refractivity contribution is -0.133. The Kier molecular flexibility index (Phi) is 8.13. The van der Waals surface area contributed by atoms with E-state index in [1.54, 1.807) is 24.4 Å². The standard InChI is InChI=1S/C23H26N2O6S/c1-15-21-22(31-18(27)11-10-17(26)30-21)19(20(28)16-9-8-14-32-16)23(24-15)29-13-7-5-4-6-12-25(2)3/h8-11,14H,4-7,12-13H2,1-3H3/b11-10-. The number of aryl methyl sites for hydroxylation is 1. The molecule has 1 aliphatic heterocycles. The van der Waals surface area contributed by atoms with Crippen molar-refractivity contribution in [3.05, 3.63) is 45.8 Å². The first-order chi connectivity index (χ1) is 15.4. The number of hydrogen-bond acceptors (Lipinski definition) is 9. The fraction of sp³-hybridized carbons (Fsp3) is 0.391. The number of fused-ring (bicyclic) bond motifs is 1. The molecule has 0 saturated heterocycles. The number of carbonyl (C=O) groups excluding carboxylic acids is 3. The van der Waals surface area contributed by atoms with Gasteiger partial charge in [-0.15, -0.1) is 11.3 Å². The lowest BCUT2D eigenvalue weighted by Crippen LogP contribution is -2.19. The Morgan fingerprint density at radius 3 is 2.41 bits per heavy atom. The van der Waals surface area contributed by atoms with Crippen LogP contribution >= 0.6 is 11.3 Å². The maximum Gasteiger partial charge on any atom is 0.336 e. The highest BCUT2D eigenvalue weighted by molar-refractivity contribution is 7.12. The van der Waals surface area contributed by atoms with Crippen molar-refractivity contribution >= 4 is 29.1 Å². The van der Waals surface area contributed by atoms with Gasteiger partial charge in [0, 0.05) is 12.2 Å². The molecule has 0 aromatic carbocycles. The van der Waals surface area contributed by atoms with Gasteiger partial charge in [0.1, 0.15) is 5.56 Å². The zero-order valence-electron chi connectivity index (χ0n) is 18.4. The number of carbonyl (C=O) groups is 3. The Morgan fingerprint density at radius 1 is 1.06 bits per heavy atom. The molecule has 3 rings (SSSR count). The maximum atomic E-state index is 13.3. The molecule has 0 saturated carbocycles. The molecular formula is C23H26N2O6S. The lowest BCUT2D eigenvalue weighted by Gasteiger charge is -2.19. The summed E-state index contributed by atoms with van der Waals surface area (Å²) < 4.78 is 16.6. The van der Waals surface area contributed by atoms with Gasteiger partial charge in [-0.2, -0.15) is 0 Å². The van der Waals surface area contributed by atoms with Crippen molar-refractivity contribution < 1.29 is 28.6 Å². The second-order valence-corrected chi connectivity index (χ2v) is 8.53. The van der Waals surface area contributed by atoms with Crippen LogP contribution in [0.15, 0.2) is 29.7 Å². The SMILES string of the molecule is Cc1nc(OCCCCCCN(C)C)c(C(=O)c2cccs2)c2c1OC(=O)/C=C\C(=O)O2. The van der Waals surface area contributed by atoms with Crippen LogP contribution in [0, 0.1) is 6.92 Å². The molecule has 170 valence electrons. The van der Waals surface area contributed by atoms with Gasteiger partial charge in [-0.3, -0.25) is 4.79 Å². The number of ketones is 1. The van der Waals surface area contributed by atoms with Crippen molar-refractivity contribution in [2.75, 3.05) is 27.2 Å². The van der Waals surface area contributed by atoms with Crippen LogP contribution in [0.2, 0.25) is 0 Å². The summed E-state index contributed by atoms with van der Waals surface area (Å²) in [5.74, 6) is -2.13. The van der Waals surface area contributed by atoms with Gasteiger partial charge in [-0.05, 0) is 51.9 Å². The van der Waals surface area contributed by atoms with E-state index in [1.165, 1.54) is 11.3 Å². The molecule has 0 unspecified atom stereocenters. The van der Waals surface area contributed by atoms with E-state index < -0.39 is 17.7 Å². The molecule has 9 heteroatoms. The number of rotatable bonds is 10. The first-order valence-corrected chi connectivity index (χ1v) is 11.3. The Labute approximate surface area is 190 Å². The number of unbranched alkanes of at least 4 members (excludes halogenated alkanes) is 3. The van der Waals surface area contributed by atoms with Gasteiger partial charge in [-0.1, -0.05) is 18.9 Å².